The zero-order chi connectivity index (χ0) is 22.0. The van der Waals surface area contributed by atoms with Crippen molar-refractivity contribution < 1.29 is 8.42 Å². The Balaban J connectivity index is 1.59. The van der Waals surface area contributed by atoms with Gasteiger partial charge in [0.15, 0.2) is 0 Å². The van der Waals surface area contributed by atoms with Gasteiger partial charge in [-0.15, -0.1) is 11.8 Å². The van der Waals surface area contributed by atoms with E-state index < -0.39 is 10.0 Å². The van der Waals surface area contributed by atoms with Crippen molar-refractivity contribution in [1.82, 2.24) is 23.9 Å². The number of aromatic nitrogens is 2. The van der Waals surface area contributed by atoms with Crippen LogP contribution in [0.1, 0.15) is 39.7 Å². The lowest BCUT2D eigenvalue weighted by Crippen LogP contribution is -2.35. The SMILES string of the molecule is CC1NC(C)C(Cn2c(=O)n(C3CNSC3)c3cc(S(=O)(=O)NC4(C)CC4)ccc32)S1. The number of rotatable bonds is 6. The summed E-state index contributed by atoms with van der Waals surface area (Å²) in [5.74, 6) is 0.777. The van der Waals surface area contributed by atoms with Crippen LogP contribution in [-0.2, 0) is 16.6 Å². The molecule has 3 heterocycles. The van der Waals surface area contributed by atoms with E-state index in [4.69, 9.17) is 0 Å². The Bertz CT molecular complexity index is 1160. The summed E-state index contributed by atoms with van der Waals surface area (Å²) in [7, 11) is -3.64. The first-order valence-electron chi connectivity index (χ1n) is 10.7. The van der Waals surface area contributed by atoms with Crippen LogP contribution in [0.2, 0.25) is 0 Å². The van der Waals surface area contributed by atoms with Crippen molar-refractivity contribution in [3.63, 3.8) is 0 Å². The average molecular weight is 484 g/mol. The highest BCUT2D eigenvalue weighted by Gasteiger charge is 2.41. The van der Waals surface area contributed by atoms with Gasteiger partial charge >= 0.3 is 5.69 Å². The van der Waals surface area contributed by atoms with Crippen molar-refractivity contribution in [1.29, 1.82) is 0 Å². The van der Waals surface area contributed by atoms with Gasteiger partial charge < -0.3 is 5.32 Å². The van der Waals surface area contributed by atoms with Crippen molar-refractivity contribution in [2.24, 2.45) is 0 Å². The van der Waals surface area contributed by atoms with E-state index in [0.29, 0.717) is 30.0 Å². The summed E-state index contributed by atoms with van der Waals surface area (Å²) in [6.07, 6.45) is 1.70. The molecule has 3 N–H and O–H groups in total. The van der Waals surface area contributed by atoms with Crippen molar-refractivity contribution in [3.05, 3.63) is 28.7 Å². The molecular formula is C20H29N5O3S3. The van der Waals surface area contributed by atoms with Crippen LogP contribution in [0, 0.1) is 0 Å². The Morgan fingerprint density at radius 1 is 1.26 bits per heavy atom. The zero-order valence-corrected chi connectivity index (χ0v) is 20.4. The van der Waals surface area contributed by atoms with Gasteiger partial charge in [0.2, 0.25) is 10.0 Å². The Morgan fingerprint density at radius 2 is 2.03 bits per heavy atom. The number of imidazole rings is 1. The summed E-state index contributed by atoms with van der Waals surface area (Å²) in [5.41, 5.74) is 1.09. The number of sulfonamides is 1. The molecule has 2 aliphatic heterocycles. The summed E-state index contributed by atoms with van der Waals surface area (Å²) < 4.78 is 35.6. The fourth-order valence-electron chi connectivity index (χ4n) is 4.44. The molecule has 0 spiro atoms. The summed E-state index contributed by atoms with van der Waals surface area (Å²) in [4.78, 5) is 13.8. The van der Waals surface area contributed by atoms with Crippen LogP contribution in [-0.4, -0.2) is 52.1 Å². The molecule has 170 valence electrons. The normalized spacial score (nSPS) is 30.3. The largest absolute Gasteiger partial charge is 0.329 e. The molecule has 2 saturated heterocycles. The van der Waals surface area contributed by atoms with Crippen LogP contribution in [0.5, 0.6) is 0 Å². The Hall–Kier alpha value is -0.980. The van der Waals surface area contributed by atoms with Crippen molar-refractivity contribution in [2.75, 3.05) is 12.3 Å². The molecule has 11 heteroatoms. The smallest absolute Gasteiger partial charge is 0.302 e. The van der Waals surface area contributed by atoms with Crippen LogP contribution in [0.15, 0.2) is 27.9 Å². The Morgan fingerprint density at radius 3 is 2.65 bits per heavy atom. The fourth-order valence-corrected chi connectivity index (χ4v) is 8.18. The van der Waals surface area contributed by atoms with E-state index in [2.05, 4.69) is 28.6 Å². The first-order chi connectivity index (χ1) is 14.7. The summed E-state index contributed by atoms with van der Waals surface area (Å²) in [6, 6.07) is 5.41. The van der Waals surface area contributed by atoms with Gasteiger partial charge in [-0.3, -0.25) is 13.9 Å². The summed E-state index contributed by atoms with van der Waals surface area (Å²) >= 11 is 3.44. The predicted molar refractivity (Wildman–Crippen MR) is 127 cm³/mol. The van der Waals surface area contributed by atoms with Gasteiger partial charge in [-0.25, -0.2) is 17.9 Å². The predicted octanol–water partition coefficient (Wildman–Crippen LogP) is 1.87. The maximum atomic E-state index is 13.5. The lowest BCUT2D eigenvalue weighted by Gasteiger charge is -2.15. The maximum absolute atomic E-state index is 13.5. The summed E-state index contributed by atoms with van der Waals surface area (Å²) in [6.45, 7) is 7.49. The van der Waals surface area contributed by atoms with Crippen molar-refractivity contribution in [2.45, 2.75) is 73.3 Å². The molecular weight excluding hydrogens is 454 g/mol. The van der Waals surface area contributed by atoms with Crippen molar-refractivity contribution >= 4 is 44.8 Å². The minimum Gasteiger partial charge on any atom is -0.302 e. The second-order valence-electron chi connectivity index (χ2n) is 9.17. The third-order valence-corrected chi connectivity index (χ3v) is 10.5. The third kappa shape index (κ3) is 4.08. The van der Waals surface area contributed by atoms with E-state index in [1.807, 2.05) is 23.3 Å². The number of nitrogens with zero attached hydrogens (tertiary/aromatic N) is 2. The molecule has 2 aromatic rings. The first-order valence-corrected chi connectivity index (χ1v) is 14.1. The molecule has 1 aromatic carbocycles. The molecule has 31 heavy (non-hydrogen) atoms. The zero-order valence-electron chi connectivity index (χ0n) is 17.9. The van der Waals surface area contributed by atoms with E-state index in [1.165, 1.54) is 0 Å². The second kappa shape index (κ2) is 7.81. The number of hydrogen-bond acceptors (Lipinski definition) is 7. The van der Waals surface area contributed by atoms with E-state index in [9.17, 15) is 13.2 Å². The monoisotopic (exact) mass is 483 g/mol. The van der Waals surface area contributed by atoms with Crippen molar-refractivity contribution in [3.8, 4) is 0 Å². The van der Waals surface area contributed by atoms with Crippen LogP contribution in [0.4, 0.5) is 0 Å². The average Bonchev–Trinajstić information content (AvgIpc) is 3.05. The van der Waals surface area contributed by atoms with Gasteiger partial charge in [-0.05, 0) is 51.8 Å². The quantitative estimate of drug-likeness (QED) is 0.540. The van der Waals surface area contributed by atoms with Crippen LogP contribution < -0.4 is 20.5 Å². The fraction of sp³-hybridized carbons (Fsp3) is 0.650. The molecule has 1 aromatic heterocycles. The standard InChI is InChI=1S/C20H29N5O3S3/c1-12-18(30-13(2)22-12)10-24-16-5-4-15(31(27,28)23-20(3)6-7-20)8-17(16)25(19(24)26)14-9-21-29-11-14/h4-5,8,12-14,18,21-23H,6-7,9-11H2,1-3H3. The third-order valence-electron chi connectivity index (χ3n) is 6.48. The number of thioether (sulfide) groups is 1. The molecule has 0 radical (unpaired) electrons. The number of benzene rings is 1. The molecule has 1 saturated carbocycles. The van der Waals surface area contributed by atoms with Gasteiger partial charge in [-0.2, -0.15) is 0 Å². The molecule has 8 nitrogen and oxygen atoms in total. The maximum Gasteiger partial charge on any atom is 0.329 e. The highest BCUT2D eigenvalue weighted by Crippen LogP contribution is 2.36. The molecule has 0 amide bonds. The molecule has 5 rings (SSSR count). The van der Waals surface area contributed by atoms with E-state index in [1.54, 1.807) is 34.7 Å². The molecule has 4 unspecified atom stereocenters. The van der Waals surface area contributed by atoms with E-state index in [0.717, 1.165) is 24.1 Å². The Kier molecular flexibility index (Phi) is 5.50. The summed E-state index contributed by atoms with van der Waals surface area (Å²) in [5, 5.41) is 4.15. The molecule has 3 fully saturated rings. The van der Waals surface area contributed by atoms with E-state index in [-0.39, 0.29) is 27.4 Å². The lowest BCUT2D eigenvalue weighted by atomic mass is 10.2. The van der Waals surface area contributed by atoms with Gasteiger partial charge in [0.25, 0.3) is 0 Å². The number of hydrogen-bond donors (Lipinski definition) is 3. The topological polar surface area (TPSA) is 97.2 Å². The molecule has 4 atom stereocenters. The minimum absolute atomic E-state index is 0.00110. The molecule has 0 bridgehead atoms. The Labute approximate surface area is 191 Å². The van der Waals surface area contributed by atoms with Crippen LogP contribution in [0.25, 0.3) is 11.0 Å². The van der Waals surface area contributed by atoms with Gasteiger partial charge in [-0.1, -0.05) is 11.9 Å². The van der Waals surface area contributed by atoms with Gasteiger partial charge in [0, 0.05) is 35.7 Å². The second-order valence-corrected chi connectivity index (χ2v) is 13.3. The first kappa shape index (κ1) is 21.8. The van der Waals surface area contributed by atoms with Gasteiger partial charge in [0.05, 0.1) is 27.3 Å². The lowest BCUT2D eigenvalue weighted by molar-refractivity contribution is 0.503. The van der Waals surface area contributed by atoms with Crippen LogP contribution >= 0.6 is 23.7 Å². The van der Waals surface area contributed by atoms with E-state index >= 15 is 0 Å². The number of nitrogens with one attached hydrogen (secondary N) is 3. The molecule has 3 aliphatic rings. The van der Waals surface area contributed by atoms with Crippen LogP contribution in [0.3, 0.4) is 0 Å². The highest BCUT2D eigenvalue weighted by molar-refractivity contribution is 8.00. The number of fused-ring (bicyclic) bond motifs is 1. The molecule has 1 aliphatic carbocycles. The van der Waals surface area contributed by atoms with Gasteiger partial charge in [0.1, 0.15) is 0 Å². The highest BCUT2D eigenvalue weighted by atomic mass is 32.2. The minimum atomic E-state index is -3.64.